The van der Waals surface area contributed by atoms with E-state index in [1.54, 1.807) is 11.0 Å². The van der Waals surface area contributed by atoms with E-state index in [-0.39, 0.29) is 63.8 Å². The summed E-state index contributed by atoms with van der Waals surface area (Å²) in [4.78, 5) is 15.6. The van der Waals surface area contributed by atoms with Gasteiger partial charge in [-0.15, -0.1) is 0 Å². The van der Waals surface area contributed by atoms with Crippen molar-refractivity contribution in [2.24, 2.45) is 5.41 Å². The lowest BCUT2D eigenvalue weighted by Gasteiger charge is -2.39. The van der Waals surface area contributed by atoms with Crippen LogP contribution in [0.2, 0.25) is 0 Å². The molecular formula is C42H61F2N5O7. The largest absolute Gasteiger partial charge is 0.508 e. The molecule has 4 aliphatic rings. The number of hydrogen-bond donors (Lipinski definition) is 4. The van der Waals surface area contributed by atoms with Crippen LogP contribution >= 0.6 is 0 Å². The van der Waals surface area contributed by atoms with Crippen LogP contribution in [0.25, 0.3) is 32.9 Å². The molecule has 1 saturated carbocycles. The second kappa shape index (κ2) is 22.1. The number of aliphatic hydroxyl groups excluding tert-OH is 2. The Morgan fingerprint density at radius 2 is 1.68 bits per heavy atom. The van der Waals surface area contributed by atoms with Gasteiger partial charge in [-0.25, -0.2) is 13.8 Å². The Morgan fingerprint density at radius 1 is 0.929 bits per heavy atom. The molecule has 4 aromatic rings. The number of phenolic OH excluding ortho intramolecular Hbond substituents is 1. The molecule has 310 valence electrons. The number of piperidine rings is 1. The first kappa shape index (κ1) is 44.8. The van der Waals surface area contributed by atoms with Crippen LogP contribution in [0.5, 0.6) is 17.6 Å². The molecule has 5 heterocycles. The molecule has 0 amide bonds. The van der Waals surface area contributed by atoms with E-state index in [4.69, 9.17) is 29.0 Å². The van der Waals surface area contributed by atoms with Crippen LogP contribution in [0.1, 0.15) is 79.1 Å². The molecule has 0 spiro atoms. The number of phenols is 1. The monoisotopic (exact) mass is 785 g/mol. The molecule has 3 aliphatic heterocycles. The zero-order valence-corrected chi connectivity index (χ0v) is 33.9. The lowest BCUT2D eigenvalue weighted by molar-refractivity contribution is 0.0597. The quantitative estimate of drug-likeness (QED) is 0.157. The molecule has 0 bridgehead atoms. The molecule has 2 aromatic heterocycles. The number of pyridine rings is 1. The normalized spacial score (nSPS) is 21.7. The molecule has 3 atom stereocenters. The number of fused-ring (bicyclic) bond motifs is 3. The van der Waals surface area contributed by atoms with Crippen LogP contribution in [0.15, 0.2) is 30.3 Å². The lowest BCUT2D eigenvalue weighted by atomic mass is 9.76. The summed E-state index contributed by atoms with van der Waals surface area (Å²) in [5, 5.41) is 32.3. The van der Waals surface area contributed by atoms with Crippen molar-refractivity contribution in [1.29, 1.82) is 0 Å². The first-order valence-electron chi connectivity index (χ1n) is 20.1. The van der Waals surface area contributed by atoms with Crippen molar-refractivity contribution >= 4 is 27.5 Å². The summed E-state index contributed by atoms with van der Waals surface area (Å²) in [6.07, 6.45) is 8.40. The average Bonchev–Trinajstić information content (AvgIpc) is 3.56. The van der Waals surface area contributed by atoms with E-state index < -0.39 is 17.7 Å². The summed E-state index contributed by atoms with van der Waals surface area (Å²) >= 11 is 0. The number of halogens is 2. The number of nitrogens with zero attached hydrogens (tertiary/aromatic N) is 4. The smallest absolute Gasteiger partial charge is 0.319 e. The highest BCUT2D eigenvalue weighted by Crippen LogP contribution is 2.45. The highest BCUT2D eigenvalue weighted by molar-refractivity contribution is 6.02. The third-order valence-electron chi connectivity index (χ3n) is 10.3. The summed E-state index contributed by atoms with van der Waals surface area (Å²) in [6.45, 7) is 12.4. The summed E-state index contributed by atoms with van der Waals surface area (Å²) < 4.78 is 54.6. The van der Waals surface area contributed by atoms with Crippen LogP contribution in [-0.4, -0.2) is 109 Å². The van der Waals surface area contributed by atoms with Crippen molar-refractivity contribution in [1.82, 2.24) is 20.3 Å². The van der Waals surface area contributed by atoms with Crippen LogP contribution in [0.4, 0.5) is 14.6 Å². The van der Waals surface area contributed by atoms with E-state index in [1.165, 1.54) is 50.6 Å². The van der Waals surface area contributed by atoms with Crippen molar-refractivity contribution in [3.63, 3.8) is 0 Å². The maximum absolute atomic E-state index is 16.8. The minimum absolute atomic E-state index is 0.0105. The number of rotatable bonds is 6. The Balaban J connectivity index is 0.000000512. The van der Waals surface area contributed by atoms with Crippen molar-refractivity contribution in [2.75, 3.05) is 71.8 Å². The van der Waals surface area contributed by atoms with Gasteiger partial charge in [0.2, 0.25) is 5.88 Å². The average molecular weight is 786 g/mol. The zero-order chi connectivity index (χ0) is 40.7. The van der Waals surface area contributed by atoms with E-state index >= 15 is 8.78 Å². The standard InChI is InChI=1S/C32H35F2N5O5.C5H10O.2C2H6.CH4O/c1-42-30-25-28(26(34)27(36-30)21-14-19(40)13-18-5-2-6-22(33)24(18)21)37-31(38-29(25)39-11-12-43-16-20(41)15-39)44-17-32-8-3-7-23(32)35-10-4-9-32;1-2-4-6-5-3-1;3*1-2/h2,5-6,13-14,20,23,35,40-41H,3-4,7-12,15-17H2,1H3;1-5H2;2*1-2H3;2H,1H3. The molecule has 0 radical (unpaired) electrons. The third kappa shape index (κ3) is 10.3. The Labute approximate surface area is 329 Å². The number of nitrogens with one attached hydrogen (secondary N) is 1. The molecule has 14 heteroatoms. The first-order valence-corrected chi connectivity index (χ1v) is 20.1. The predicted molar refractivity (Wildman–Crippen MR) is 216 cm³/mol. The van der Waals surface area contributed by atoms with Gasteiger partial charge in [-0.3, -0.25) is 0 Å². The van der Waals surface area contributed by atoms with E-state index in [9.17, 15) is 10.2 Å². The second-order valence-electron chi connectivity index (χ2n) is 13.7. The van der Waals surface area contributed by atoms with Gasteiger partial charge in [-0.05, 0) is 75.1 Å². The van der Waals surface area contributed by atoms with Gasteiger partial charge in [0.1, 0.15) is 34.0 Å². The lowest BCUT2D eigenvalue weighted by Crippen LogP contribution is -2.49. The number of hydrogen-bond acceptors (Lipinski definition) is 12. The van der Waals surface area contributed by atoms with Crippen LogP contribution in [0.3, 0.4) is 0 Å². The molecule has 1 aliphatic carbocycles. The Hall–Kier alpha value is -3.95. The third-order valence-corrected chi connectivity index (χ3v) is 10.3. The highest BCUT2D eigenvalue weighted by atomic mass is 19.1. The van der Waals surface area contributed by atoms with E-state index in [0.29, 0.717) is 37.0 Å². The summed E-state index contributed by atoms with van der Waals surface area (Å²) in [5.74, 6) is -1.30. The molecule has 12 nitrogen and oxygen atoms in total. The van der Waals surface area contributed by atoms with Crippen molar-refractivity contribution in [3.05, 3.63) is 42.0 Å². The van der Waals surface area contributed by atoms with Gasteiger partial charge in [0.15, 0.2) is 5.82 Å². The number of β-amino-alcohol motifs (C(OH)–C–C–N with tert-alkyl or cyclic N) is 1. The maximum atomic E-state index is 16.8. The van der Waals surface area contributed by atoms with Crippen LogP contribution < -0.4 is 19.7 Å². The van der Waals surface area contributed by atoms with Gasteiger partial charge in [0, 0.05) is 55.8 Å². The predicted octanol–water partition coefficient (Wildman–Crippen LogP) is 7.18. The zero-order valence-electron chi connectivity index (χ0n) is 33.9. The fourth-order valence-electron chi connectivity index (χ4n) is 7.87. The highest BCUT2D eigenvalue weighted by Gasteiger charge is 2.45. The number of benzene rings is 2. The van der Waals surface area contributed by atoms with Gasteiger partial charge in [-0.2, -0.15) is 9.97 Å². The van der Waals surface area contributed by atoms with Crippen molar-refractivity contribution < 1.29 is 43.0 Å². The first-order chi connectivity index (χ1) is 27.4. The van der Waals surface area contributed by atoms with E-state index in [2.05, 4.69) is 15.3 Å². The van der Waals surface area contributed by atoms with Gasteiger partial charge < -0.3 is 44.5 Å². The van der Waals surface area contributed by atoms with E-state index in [0.717, 1.165) is 59.0 Å². The number of ether oxygens (including phenoxy) is 4. The number of aliphatic hydroxyl groups is 2. The Bertz CT molecular complexity index is 1820. The molecule has 2 aromatic carbocycles. The Kier molecular flexibility index (Phi) is 17.7. The number of aromatic hydroxyl groups is 1. The summed E-state index contributed by atoms with van der Waals surface area (Å²) in [6, 6.07) is 7.44. The summed E-state index contributed by atoms with van der Waals surface area (Å²) in [7, 11) is 2.40. The fourth-order valence-corrected chi connectivity index (χ4v) is 7.87. The topological polar surface area (TPSA) is 152 Å². The number of methoxy groups -OCH3 is 1. The Morgan fingerprint density at radius 3 is 2.38 bits per heavy atom. The molecule has 8 rings (SSSR count). The van der Waals surface area contributed by atoms with Crippen LogP contribution in [0, 0.1) is 17.0 Å². The molecule has 4 fully saturated rings. The van der Waals surface area contributed by atoms with Gasteiger partial charge in [0.25, 0.3) is 0 Å². The molecule has 3 saturated heterocycles. The minimum Gasteiger partial charge on any atom is -0.508 e. The van der Waals surface area contributed by atoms with Gasteiger partial charge >= 0.3 is 6.01 Å². The maximum Gasteiger partial charge on any atom is 0.319 e. The molecule has 4 N–H and O–H groups in total. The van der Waals surface area contributed by atoms with Crippen molar-refractivity contribution in [2.45, 2.75) is 91.2 Å². The van der Waals surface area contributed by atoms with E-state index in [1.807, 2.05) is 27.7 Å². The molecule has 3 unspecified atom stereocenters. The number of anilines is 1. The van der Waals surface area contributed by atoms with Crippen molar-refractivity contribution in [3.8, 4) is 28.9 Å². The SMILES string of the molecule is C1CCOCC1.CC.CC.CO.COc1nc(-c2cc(O)cc3cccc(F)c23)c(F)c2nc(OCC34CCCNC3CCC4)nc(N3CCOCC(O)C3)c12. The summed E-state index contributed by atoms with van der Waals surface area (Å²) in [5.41, 5.74) is -0.359. The fraction of sp³-hybridized carbons (Fsp3) is 0.595. The second-order valence-corrected chi connectivity index (χ2v) is 13.7. The van der Waals surface area contributed by atoms with Crippen LogP contribution in [-0.2, 0) is 9.47 Å². The molecule has 56 heavy (non-hydrogen) atoms. The van der Waals surface area contributed by atoms with Gasteiger partial charge in [-0.1, -0.05) is 46.2 Å². The minimum atomic E-state index is -0.840. The number of aromatic nitrogens is 3. The van der Waals surface area contributed by atoms with Gasteiger partial charge in [0.05, 0.1) is 33.0 Å². The molecular weight excluding hydrogens is 724 g/mol.